The summed E-state index contributed by atoms with van der Waals surface area (Å²) in [6.45, 7) is 0.808. The summed E-state index contributed by atoms with van der Waals surface area (Å²) in [4.78, 5) is 36.9. The molecule has 2 bridgehead atoms. The van der Waals surface area contributed by atoms with Crippen LogP contribution in [0.5, 0.6) is 0 Å². The monoisotopic (exact) mass is 283 g/mol. The summed E-state index contributed by atoms with van der Waals surface area (Å²) in [6.07, 6.45) is -0.974. The van der Waals surface area contributed by atoms with E-state index in [1.807, 2.05) is 0 Å². The second-order valence-electron chi connectivity index (χ2n) is 4.98. The highest BCUT2D eigenvalue weighted by Gasteiger charge is 2.66. The maximum Gasteiger partial charge on any atom is 0.330 e. The van der Waals surface area contributed by atoms with E-state index in [-0.39, 0.29) is 5.56 Å². The number of ether oxygens (including phenoxy) is 1. The lowest BCUT2D eigenvalue weighted by atomic mass is 10.00. The number of carbonyl (C=O) groups is 1. The third-order valence-electron chi connectivity index (χ3n) is 3.79. The van der Waals surface area contributed by atoms with Gasteiger partial charge in [-0.3, -0.25) is 19.1 Å². The molecule has 2 aliphatic rings. The number of morpholine rings is 1. The van der Waals surface area contributed by atoms with Crippen LogP contribution in [-0.2, 0) is 9.53 Å². The van der Waals surface area contributed by atoms with Gasteiger partial charge in [-0.25, -0.2) is 4.79 Å². The minimum Gasteiger partial charge on any atom is -0.393 e. The molecule has 1 aromatic heterocycles. The summed E-state index contributed by atoms with van der Waals surface area (Å²) < 4.78 is 6.50. The number of carbonyl (C=O) groups excluding carboxylic acids is 1. The number of aryl methyl sites for hydroxylation is 1. The van der Waals surface area contributed by atoms with Gasteiger partial charge in [-0.15, -0.1) is 0 Å². The molecule has 0 spiro atoms. The van der Waals surface area contributed by atoms with Gasteiger partial charge in [0, 0.05) is 11.8 Å². The van der Waals surface area contributed by atoms with Crippen LogP contribution < -0.4 is 16.6 Å². The lowest BCUT2D eigenvalue weighted by Crippen LogP contribution is -2.52. The summed E-state index contributed by atoms with van der Waals surface area (Å²) in [5, 5.41) is 21.8. The first-order chi connectivity index (χ1) is 9.40. The highest BCUT2D eigenvalue weighted by molar-refractivity contribution is 5.90. The van der Waals surface area contributed by atoms with Crippen LogP contribution in [0.3, 0.4) is 0 Å². The average molecular weight is 283 g/mol. The largest absolute Gasteiger partial charge is 0.393 e. The molecule has 2 aliphatic heterocycles. The Kier molecular flexibility index (Phi) is 2.61. The number of aromatic nitrogens is 2. The zero-order valence-corrected chi connectivity index (χ0v) is 10.5. The van der Waals surface area contributed by atoms with Gasteiger partial charge in [-0.2, -0.15) is 0 Å². The van der Waals surface area contributed by atoms with Crippen molar-refractivity contribution in [3.63, 3.8) is 0 Å². The summed E-state index contributed by atoms with van der Waals surface area (Å²) in [5.41, 5.74) is -2.71. The van der Waals surface area contributed by atoms with Crippen LogP contribution in [-0.4, -0.2) is 50.0 Å². The van der Waals surface area contributed by atoms with Crippen molar-refractivity contribution in [1.82, 2.24) is 14.9 Å². The van der Waals surface area contributed by atoms with Crippen LogP contribution in [0.15, 0.2) is 15.8 Å². The molecule has 20 heavy (non-hydrogen) atoms. The molecular formula is C11H13N3O6. The molecule has 2 fully saturated rings. The zero-order chi connectivity index (χ0) is 14.7. The molecule has 0 aromatic carbocycles. The van der Waals surface area contributed by atoms with Gasteiger partial charge in [-0.05, 0) is 6.92 Å². The fourth-order valence-electron chi connectivity index (χ4n) is 2.62. The molecule has 0 radical (unpaired) electrons. The number of rotatable bonds is 2. The molecule has 3 heterocycles. The predicted octanol–water partition coefficient (Wildman–Crippen LogP) is -3.04. The molecule has 2 saturated heterocycles. The zero-order valence-electron chi connectivity index (χ0n) is 10.5. The third-order valence-corrected chi connectivity index (χ3v) is 3.79. The van der Waals surface area contributed by atoms with E-state index < -0.39 is 47.7 Å². The average Bonchev–Trinajstić information content (AvgIpc) is 2.81. The molecule has 4 atom stereocenters. The Hall–Kier alpha value is -1.97. The van der Waals surface area contributed by atoms with E-state index in [0.29, 0.717) is 0 Å². The van der Waals surface area contributed by atoms with Crippen molar-refractivity contribution in [3.8, 4) is 0 Å². The van der Waals surface area contributed by atoms with E-state index >= 15 is 0 Å². The topological polar surface area (TPSA) is 134 Å². The van der Waals surface area contributed by atoms with E-state index in [4.69, 9.17) is 4.74 Å². The van der Waals surface area contributed by atoms with Crippen molar-refractivity contribution >= 4 is 5.91 Å². The highest BCUT2D eigenvalue weighted by atomic mass is 16.6. The number of amides is 1. The summed E-state index contributed by atoms with van der Waals surface area (Å²) >= 11 is 0. The van der Waals surface area contributed by atoms with Crippen LogP contribution in [0.2, 0.25) is 0 Å². The number of nitrogens with one attached hydrogen (secondary N) is 2. The van der Waals surface area contributed by atoms with Crippen LogP contribution in [0.4, 0.5) is 0 Å². The number of aliphatic hydroxyl groups excluding tert-OH is 2. The van der Waals surface area contributed by atoms with Crippen LogP contribution in [0.25, 0.3) is 0 Å². The number of hydrogen-bond donors (Lipinski definition) is 4. The van der Waals surface area contributed by atoms with E-state index in [9.17, 15) is 24.6 Å². The van der Waals surface area contributed by atoms with Crippen molar-refractivity contribution in [2.45, 2.75) is 30.9 Å². The number of nitrogens with zero attached hydrogens (tertiary/aromatic N) is 1. The fourth-order valence-corrected chi connectivity index (χ4v) is 2.62. The normalized spacial score (nSPS) is 35.4. The number of hydrogen-bond acceptors (Lipinski definition) is 6. The minimum atomic E-state index is -1.77. The quantitative estimate of drug-likeness (QED) is 0.456. The molecular weight excluding hydrogens is 270 g/mol. The van der Waals surface area contributed by atoms with Gasteiger partial charge in [0.1, 0.15) is 12.1 Å². The van der Waals surface area contributed by atoms with E-state index in [1.54, 1.807) is 0 Å². The number of H-pyrrole nitrogens is 1. The van der Waals surface area contributed by atoms with Gasteiger partial charge in [0.2, 0.25) is 0 Å². The second-order valence-corrected chi connectivity index (χ2v) is 4.98. The Bertz CT molecular complexity index is 694. The Balaban J connectivity index is 2.07. The first-order valence-corrected chi connectivity index (χ1v) is 6.00. The molecule has 9 heteroatoms. The lowest BCUT2D eigenvalue weighted by Gasteiger charge is -2.29. The molecule has 0 aliphatic carbocycles. The molecule has 9 nitrogen and oxygen atoms in total. The smallest absolute Gasteiger partial charge is 0.330 e. The lowest BCUT2D eigenvalue weighted by molar-refractivity contribution is -0.169. The minimum absolute atomic E-state index is 0.287. The highest BCUT2D eigenvalue weighted by Crippen LogP contribution is 2.41. The first-order valence-electron chi connectivity index (χ1n) is 6.00. The van der Waals surface area contributed by atoms with Crippen molar-refractivity contribution in [3.05, 3.63) is 32.6 Å². The maximum absolute atomic E-state index is 11.8. The Morgan fingerprint density at radius 1 is 1.45 bits per heavy atom. The predicted molar refractivity (Wildman–Crippen MR) is 63.9 cm³/mol. The summed E-state index contributed by atoms with van der Waals surface area (Å²) in [7, 11) is 0. The summed E-state index contributed by atoms with van der Waals surface area (Å²) in [5.74, 6) is -0.622. The first kappa shape index (κ1) is 13.0. The van der Waals surface area contributed by atoms with E-state index in [0.717, 1.165) is 4.57 Å². The van der Waals surface area contributed by atoms with Gasteiger partial charge in [0.15, 0.2) is 11.8 Å². The Labute approximate surface area is 111 Å². The van der Waals surface area contributed by atoms with Gasteiger partial charge in [-0.1, -0.05) is 0 Å². The molecule has 1 amide bonds. The van der Waals surface area contributed by atoms with Gasteiger partial charge < -0.3 is 20.3 Å². The standard InChI is InChI=1S/C11H13N3O6/c1-4-2-14(10(19)13-7(4)17)8-5-6(16)11(3-15,20-8)9(18)12-5/h2,5-6,8,15-16H,3H2,1H3,(H,12,18)(H,13,17,19)/t5-,6?,8+,11+/m0/s1. The Morgan fingerprint density at radius 2 is 2.15 bits per heavy atom. The van der Waals surface area contributed by atoms with Crippen molar-refractivity contribution < 1.29 is 19.7 Å². The number of aliphatic hydroxyl groups is 2. The molecule has 4 N–H and O–H groups in total. The van der Waals surface area contributed by atoms with Gasteiger partial charge >= 0.3 is 5.69 Å². The fraction of sp³-hybridized carbons (Fsp3) is 0.545. The van der Waals surface area contributed by atoms with Crippen LogP contribution in [0, 0.1) is 6.92 Å². The van der Waals surface area contributed by atoms with Gasteiger partial charge in [0.05, 0.1) is 6.61 Å². The third kappa shape index (κ3) is 1.45. The van der Waals surface area contributed by atoms with Gasteiger partial charge in [0.25, 0.3) is 11.5 Å². The van der Waals surface area contributed by atoms with E-state index in [2.05, 4.69) is 10.3 Å². The maximum atomic E-state index is 11.8. The Morgan fingerprint density at radius 3 is 2.75 bits per heavy atom. The molecule has 0 saturated carbocycles. The summed E-state index contributed by atoms with van der Waals surface area (Å²) in [6, 6.07) is -0.863. The van der Waals surface area contributed by atoms with Crippen molar-refractivity contribution in [2.24, 2.45) is 0 Å². The molecule has 1 aromatic rings. The molecule has 1 unspecified atom stereocenters. The van der Waals surface area contributed by atoms with Crippen molar-refractivity contribution in [1.29, 1.82) is 0 Å². The number of aromatic amines is 1. The van der Waals surface area contributed by atoms with Crippen LogP contribution >= 0.6 is 0 Å². The van der Waals surface area contributed by atoms with Crippen LogP contribution in [0.1, 0.15) is 11.8 Å². The SMILES string of the molecule is Cc1cn([C@@H]2O[C@@]3(CO)C(=O)N[C@H]2C3O)c(=O)[nH]c1=O. The number of fused-ring (bicyclic) bond motifs is 2. The molecule has 108 valence electrons. The van der Waals surface area contributed by atoms with Crippen molar-refractivity contribution in [2.75, 3.05) is 6.61 Å². The van der Waals surface area contributed by atoms with E-state index in [1.165, 1.54) is 13.1 Å². The second kappa shape index (κ2) is 4.01. The molecule has 3 rings (SSSR count).